The number of aliphatic carboxylic acids is 1. The van der Waals surface area contributed by atoms with E-state index >= 15 is 0 Å². The molecule has 3 atom stereocenters. The van der Waals surface area contributed by atoms with Crippen LogP contribution in [0.15, 0.2) is 0 Å². The van der Waals surface area contributed by atoms with Crippen LogP contribution in [0.5, 0.6) is 0 Å². The molecule has 62 valence electrons. The lowest BCUT2D eigenvalue weighted by Crippen LogP contribution is -2.22. The molecule has 3 nitrogen and oxygen atoms in total. The highest BCUT2D eigenvalue weighted by atomic mass is 16.4. The van der Waals surface area contributed by atoms with E-state index in [0.29, 0.717) is 11.8 Å². The maximum absolute atomic E-state index is 10.7. The molecular formula is C8H13NO2. The molecule has 0 aromatic carbocycles. The van der Waals surface area contributed by atoms with Gasteiger partial charge in [-0.3, -0.25) is 4.79 Å². The number of hydrogen-bond donors (Lipinski definition) is 2. The highest BCUT2D eigenvalue weighted by molar-refractivity contribution is 5.71. The lowest BCUT2D eigenvalue weighted by molar-refractivity contribution is -0.142. The molecule has 0 radical (unpaired) electrons. The largest absolute Gasteiger partial charge is 0.481 e. The average Bonchev–Trinajstić information content (AvgIpc) is 2.41. The van der Waals surface area contributed by atoms with Crippen molar-refractivity contribution in [3.05, 3.63) is 0 Å². The zero-order valence-electron chi connectivity index (χ0n) is 6.42. The first-order chi connectivity index (χ1) is 5.29. The van der Waals surface area contributed by atoms with Gasteiger partial charge in [-0.1, -0.05) is 0 Å². The maximum Gasteiger partial charge on any atom is 0.306 e. The molecule has 0 bridgehead atoms. The molecule has 1 heterocycles. The SMILES string of the molecule is O=C(O)[C@@H]1CC[C@@H]2CNC[C@@H]21. The lowest BCUT2D eigenvalue weighted by atomic mass is 9.93. The molecule has 0 unspecified atom stereocenters. The standard InChI is InChI=1S/C8H13NO2/c10-8(11)6-2-1-5-3-9-4-7(5)6/h5-7,9H,1-4H2,(H,10,11)/t5-,6-,7+/m1/s1. The maximum atomic E-state index is 10.7. The first kappa shape index (κ1) is 7.10. The molecule has 2 aliphatic rings. The van der Waals surface area contributed by atoms with E-state index in [1.807, 2.05) is 0 Å². The highest BCUT2D eigenvalue weighted by Crippen LogP contribution is 2.39. The fraction of sp³-hybridized carbons (Fsp3) is 0.875. The molecule has 1 saturated carbocycles. The summed E-state index contributed by atoms with van der Waals surface area (Å²) in [5, 5.41) is 12.1. The Kier molecular flexibility index (Phi) is 1.60. The second-order valence-corrected chi connectivity index (χ2v) is 3.60. The highest BCUT2D eigenvalue weighted by Gasteiger charge is 2.42. The van der Waals surface area contributed by atoms with Crippen molar-refractivity contribution in [1.82, 2.24) is 5.32 Å². The Morgan fingerprint density at radius 3 is 2.91 bits per heavy atom. The number of fused-ring (bicyclic) bond motifs is 1. The summed E-state index contributed by atoms with van der Waals surface area (Å²) in [6.07, 6.45) is 2.00. The smallest absolute Gasteiger partial charge is 0.306 e. The van der Waals surface area contributed by atoms with Gasteiger partial charge < -0.3 is 10.4 Å². The molecule has 0 spiro atoms. The van der Waals surface area contributed by atoms with Crippen molar-refractivity contribution in [1.29, 1.82) is 0 Å². The molecule has 2 rings (SSSR count). The van der Waals surface area contributed by atoms with Crippen molar-refractivity contribution in [3.63, 3.8) is 0 Å². The van der Waals surface area contributed by atoms with Gasteiger partial charge in [-0.05, 0) is 37.8 Å². The summed E-state index contributed by atoms with van der Waals surface area (Å²) in [5.41, 5.74) is 0. The fourth-order valence-corrected chi connectivity index (χ4v) is 2.45. The van der Waals surface area contributed by atoms with E-state index in [1.54, 1.807) is 0 Å². The van der Waals surface area contributed by atoms with Gasteiger partial charge in [-0.2, -0.15) is 0 Å². The van der Waals surface area contributed by atoms with E-state index < -0.39 is 5.97 Å². The second kappa shape index (κ2) is 2.48. The Morgan fingerprint density at radius 1 is 1.36 bits per heavy atom. The molecule has 0 aromatic heterocycles. The van der Waals surface area contributed by atoms with Crippen molar-refractivity contribution in [2.24, 2.45) is 17.8 Å². The van der Waals surface area contributed by atoms with Crippen LogP contribution in [0.3, 0.4) is 0 Å². The molecule has 1 saturated heterocycles. The molecule has 3 heteroatoms. The van der Waals surface area contributed by atoms with Crippen LogP contribution in [0.1, 0.15) is 12.8 Å². The van der Waals surface area contributed by atoms with Crippen molar-refractivity contribution in [3.8, 4) is 0 Å². The van der Waals surface area contributed by atoms with Gasteiger partial charge in [0, 0.05) is 0 Å². The normalized spacial score (nSPS) is 42.4. The van der Waals surface area contributed by atoms with Crippen LogP contribution in [-0.2, 0) is 4.79 Å². The Hall–Kier alpha value is -0.570. The Morgan fingerprint density at radius 2 is 2.18 bits per heavy atom. The van der Waals surface area contributed by atoms with Crippen LogP contribution < -0.4 is 5.32 Å². The van der Waals surface area contributed by atoms with E-state index in [9.17, 15) is 4.79 Å². The van der Waals surface area contributed by atoms with E-state index in [4.69, 9.17) is 5.11 Å². The monoisotopic (exact) mass is 155 g/mol. The fourth-order valence-electron chi connectivity index (χ4n) is 2.45. The van der Waals surface area contributed by atoms with Gasteiger partial charge in [-0.15, -0.1) is 0 Å². The minimum absolute atomic E-state index is 0.0602. The predicted octanol–water partition coefficient (Wildman–Crippen LogP) is 0.317. The number of hydrogen-bond acceptors (Lipinski definition) is 2. The first-order valence-corrected chi connectivity index (χ1v) is 4.22. The Balaban J connectivity index is 2.08. The minimum atomic E-state index is -0.596. The summed E-state index contributed by atoms with van der Waals surface area (Å²) >= 11 is 0. The third kappa shape index (κ3) is 1.03. The topological polar surface area (TPSA) is 49.3 Å². The van der Waals surface area contributed by atoms with E-state index in [0.717, 1.165) is 25.9 Å². The second-order valence-electron chi connectivity index (χ2n) is 3.60. The van der Waals surface area contributed by atoms with Gasteiger partial charge in [0.1, 0.15) is 0 Å². The minimum Gasteiger partial charge on any atom is -0.481 e. The molecule has 0 aromatic rings. The third-order valence-corrected chi connectivity index (χ3v) is 3.07. The molecule has 1 aliphatic heterocycles. The van der Waals surface area contributed by atoms with Gasteiger partial charge in [0.2, 0.25) is 0 Å². The van der Waals surface area contributed by atoms with Crippen molar-refractivity contribution >= 4 is 5.97 Å². The van der Waals surface area contributed by atoms with Crippen molar-refractivity contribution in [2.45, 2.75) is 12.8 Å². The molecular weight excluding hydrogens is 142 g/mol. The molecule has 2 fully saturated rings. The van der Waals surface area contributed by atoms with Crippen molar-refractivity contribution < 1.29 is 9.90 Å². The van der Waals surface area contributed by atoms with Crippen molar-refractivity contribution in [2.75, 3.05) is 13.1 Å². The van der Waals surface area contributed by atoms with Crippen LogP contribution in [0, 0.1) is 17.8 Å². The van der Waals surface area contributed by atoms with Crippen LogP contribution in [0.4, 0.5) is 0 Å². The van der Waals surface area contributed by atoms with E-state index in [2.05, 4.69) is 5.32 Å². The Labute approximate surface area is 65.8 Å². The van der Waals surface area contributed by atoms with Gasteiger partial charge in [0.05, 0.1) is 5.92 Å². The van der Waals surface area contributed by atoms with Gasteiger partial charge in [-0.25, -0.2) is 0 Å². The zero-order valence-corrected chi connectivity index (χ0v) is 6.42. The summed E-state index contributed by atoms with van der Waals surface area (Å²) in [5.74, 6) is 0.416. The third-order valence-electron chi connectivity index (χ3n) is 3.07. The summed E-state index contributed by atoms with van der Waals surface area (Å²) in [7, 11) is 0. The lowest BCUT2D eigenvalue weighted by Gasteiger charge is -2.11. The van der Waals surface area contributed by atoms with E-state index in [1.165, 1.54) is 0 Å². The number of carboxylic acid groups (broad SMARTS) is 1. The number of nitrogens with one attached hydrogen (secondary N) is 1. The quantitative estimate of drug-likeness (QED) is 0.573. The summed E-state index contributed by atoms with van der Waals surface area (Å²) in [6.45, 7) is 1.95. The van der Waals surface area contributed by atoms with E-state index in [-0.39, 0.29) is 5.92 Å². The molecule has 0 amide bonds. The van der Waals surface area contributed by atoms with Crippen LogP contribution >= 0.6 is 0 Å². The summed E-state index contributed by atoms with van der Waals surface area (Å²) in [4.78, 5) is 10.7. The number of carboxylic acids is 1. The van der Waals surface area contributed by atoms with Gasteiger partial charge in [0.25, 0.3) is 0 Å². The summed E-state index contributed by atoms with van der Waals surface area (Å²) in [6, 6.07) is 0. The van der Waals surface area contributed by atoms with Crippen LogP contribution in [-0.4, -0.2) is 24.2 Å². The van der Waals surface area contributed by atoms with Crippen LogP contribution in [0.25, 0.3) is 0 Å². The summed E-state index contributed by atoms with van der Waals surface area (Å²) < 4.78 is 0. The average molecular weight is 155 g/mol. The molecule has 1 aliphatic carbocycles. The first-order valence-electron chi connectivity index (χ1n) is 4.22. The Bertz CT molecular complexity index is 181. The predicted molar refractivity (Wildman–Crippen MR) is 40.2 cm³/mol. The zero-order chi connectivity index (χ0) is 7.84. The molecule has 11 heavy (non-hydrogen) atoms. The number of rotatable bonds is 1. The van der Waals surface area contributed by atoms with Gasteiger partial charge in [0.15, 0.2) is 0 Å². The van der Waals surface area contributed by atoms with Gasteiger partial charge >= 0.3 is 5.97 Å². The van der Waals surface area contributed by atoms with Crippen LogP contribution in [0.2, 0.25) is 0 Å². The number of carbonyl (C=O) groups is 1. The molecule has 2 N–H and O–H groups in total.